The Hall–Kier alpha value is -3.05. The van der Waals surface area contributed by atoms with Gasteiger partial charge >= 0.3 is 0 Å². The van der Waals surface area contributed by atoms with Gasteiger partial charge in [-0.2, -0.15) is 4.68 Å². The lowest BCUT2D eigenvalue weighted by Gasteiger charge is -2.07. The normalized spacial score (nSPS) is 10.6. The molecule has 3 aromatic rings. The van der Waals surface area contributed by atoms with Gasteiger partial charge in [0, 0.05) is 12.1 Å². The maximum atomic E-state index is 13.0. The van der Waals surface area contributed by atoms with Crippen LogP contribution in [-0.4, -0.2) is 36.8 Å². The summed E-state index contributed by atoms with van der Waals surface area (Å²) in [5.74, 6) is -0.820. The van der Waals surface area contributed by atoms with Gasteiger partial charge in [0.2, 0.25) is 11.1 Å². The number of hydrogen-bond donors (Lipinski definition) is 1. The summed E-state index contributed by atoms with van der Waals surface area (Å²) in [7, 11) is 0. The monoisotopic (exact) mass is 408 g/mol. The molecule has 0 aliphatic rings. The van der Waals surface area contributed by atoms with Gasteiger partial charge in [0.1, 0.15) is 5.82 Å². The van der Waals surface area contributed by atoms with E-state index in [-0.39, 0.29) is 28.0 Å². The fourth-order valence-corrected chi connectivity index (χ4v) is 2.96. The molecule has 0 spiro atoms. The molecular weight excluding hydrogens is 399 g/mol. The predicted octanol–water partition coefficient (Wildman–Crippen LogP) is 3.09. The second-order valence-electron chi connectivity index (χ2n) is 5.11. The molecule has 0 saturated carbocycles. The number of amides is 1. The van der Waals surface area contributed by atoms with Crippen LogP contribution < -0.4 is 5.32 Å². The zero-order valence-electron chi connectivity index (χ0n) is 13.4. The van der Waals surface area contributed by atoms with Gasteiger partial charge in [-0.3, -0.25) is 14.9 Å². The number of nitro benzene ring substituents is 1. The van der Waals surface area contributed by atoms with Crippen molar-refractivity contribution >= 4 is 40.6 Å². The topological polar surface area (TPSA) is 116 Å². The molecule has 27 heavy (non-hydrogen) atoms. The van der Waals surface area contributed by atoms with Gasteiger partial charge in [0.15, 0.2) is 0 Å². The van der Waals surface area contributed by atoms with E-state index in [0.717, 1.165) is 17.8 Å². The Morgan fingerprint density at radius 3 is 2.70 bits per heavy atom. The molecule has 9 nitrogen and oxygen atoms in total. The highest BCUT2D eigenvalue weighted by molar-refractivity contribution is 7.99. The van der Waals surface area contributed by atoms with Crippen molar-refractivity contribution in [3.8, 4) is 5.69 Å². The molecular formula is C15H10ClFN6O3S. The summed E-state index contributed by atoms with van der Waals surface area (Å²) >= 11 is 7.01. The largest absolute Gasteiger partial charge is 0.324 e. The molecule has 12 heteroatoms. The summed E-state index contributed by atoms with van der Waals surface area (Å²) in [5.41, 5.74) is 0.625. The van der Waals surface area contributed by atoms with Crippen molar-refractivity contribution in [2.75, 3.05) is 11.1 Å². The van der Waals surface area contributed by atoms with Crippen molar-refractivity contribution in [3.63, 3.8) is 0 Å². The molecule has 138 valence electrons. The van der Waals surface area contributed by atoms with Crippen LogP contribution in [0.25, 0.3) is 5.69 Å². The van der Waals surface area contributed by atoms with Gasteiger partial charge in [-0.1, -0.05) is 23.4 Å². The van der Waals surface area contributed by atoms with Crippen LogP contribution in [0.2, 0.25) is 5.02 Å². The van der Waals surface area contributed by atoms with Crippen LogP contribution >= 0.6 is 23.4 Å². The van der Waals surface area contributed by atoms with Crippen LogP contribution in [0.3, 0.4) is 0 Å². The maximum absolute atomic E-state index is 13.0. The van der Waals surface area contributed by atoms with Crippen LogP contribution in [0.4, 0.5) is 15.8 Å². The average molecular weight is 409 g/mol. The molecule has 1 amide bonds. The Balaban J connectivity index is 1.64. The summed E-state index contributed by atoms with van der Waals surface area (Å²) < 4.78 is 14.4. The Morgan fingerprint density at radius 1 is 1.30 bits per heavy atom. The predicted molar refractivity (Wildman–Crippen MR) is 96.6 cm³/mol. The Bertz CT molecular complexity index is 997. The minimum absolute atomic E-state index is 0.0329. The molecule has 0 atom stereocenters. The van der Waals surface area contributed by atoms with Crippen molar-refractivity contribution in [1.82, 2.24) is 20.2 Å². The third-order valence-electron chi connectivity index (χ3n) is 3.28. The highest BCUT2D eigenvalue weighted by Gasteiger charge is 2.14. The molecule has 0 radical (unpaired) electrons. The fourth-order valence-electron chi connectivity index (χ4n) is 2.05. The van der Waals surface area contributed by atoms with Gasteiger partial charge in [0.05, 0.1) is 27.1 Å². The summed E-state index contributed by atoms with van der Waals surface area (Å²) in [6.07, 6.45) is 0. The third kappa shape index (κ3) is 4.57. The van der Waals surface area contributed by atoms with E-state index in [2.05, 4.69) is 20.8 Å². The molecule has 1 heterocycles. The molecule has 0 saturated heterocycles. The van der Waals surface area contributed by atoms with Crippen LogP contribution in [0.1, 0.15) is 0 Å². The zero-order chi connectivity index (χ0) is 19.4. The first kappa shape index (κ1) is 18.7. The van der Waals surface area contributed by atoms with Crippen molar-refractivity contribution in [1.29, 1.82) is 0 Å². The van der Waals surface area contributed by atoms with Crippen molar-refractivity contribution in [2.45, 2.75) is 5.16 Å². The van der Waals surface area contributed by atoms with E-state index in [1.54, 1.807) is 0 Å². The first-order chi connectivity index (χ1) is 12.9. The fraction of sp³-hybridized carbons (Fsp3) is 0.0667. The molecule has 1 N–H and O–H groups in total. The van der Waals surface area contributed by atoms with Gasteiger partial charge in [-0.25, -0.2) is 4.39 Å². The summed E-state index contributed by atoms with van der Waals surface area (Å²) in [4.78, 5) is 22.2. The number of carbonyl (C=O) groups is 1. The van der Waals surface area contributed by atoms with Gasteiger partial charge in [-0.15, -0.1) is 5.10 Å². The SMILES string of the molecule is O=C(CSc1nnnn1-c1ccc(F)cc1)Nc1ccc([N+](=O)[O-])cc1Cl. The number of non-ortho nitro benzene ring substituents is 1. The second kappa shape index (κ2) is 8.10. The number of halogens is 2. The number of thioether (sulfide) groups is 1. The van der Waals surface area contributed by atoms with Gasteiger partial charge in [-0.05, 0) is 40.8 Å². The Labute approximate surface area is 160 Å². The molecule has 0 bridgehead atoms. The summed E-state index contributed by atoms with van der Waals surface area (Å²) in [5, 5.41) is 24.9. The molecule has 0 aliphatic heterocycles. The van der Waals surface area contributed by atoms with Crippen molar-refractivity contribution in [3.05, 3.63) is 63.4 Å². The number of nitrogens with zero attached hydrogens (tertiary/aromatic N) is 5. The van der Waals surface area contributed by atoms with E-state index in [4.69, 9.17) is 11.6 Å². The van der Waals surface area contributed by atoms with E-state index in [1.807, 2.05) is 0 Å². The van der Waals surface area contributed by atoms with E-state index in [9.17, 15) is 19.3 Å². The standard InChI is InChI=1S/C15H10ClFN6O3S/c16-12-7-11(23(25)26)5-6-13(12)18-14(24)8-27-15-19-20-21-22(15)10-3-1-9(17)2-4-10/h1-7H,8H2,(H,18,24). The smallest absolute Gasteiger partial charge is 0.271 e. The quantitative estimate of drug-likeness (QED) is 0.378. The van der Waals surface area contributed by atoms with Gasteiger partial charge < -0.3 is 5.32 Å². The number of nitrogens with one attached hydrogen (secondary N) is 1. The lowest BCUT2D eigenvalue weighted by Crippen LogP contribution is -2.15. The average Bonchev–Trinajstić information content (AvgIpc) is 3.10. The van der Waals surface area contributed by atoms with E-state index in [1.165, 1.54) is 41.1 Å². The Kier molecular flexibility index (Phi) is 5.62. The lowest BCUT2D eigenvalue weighted by atomic mass is 10.3. The first-order valence-corrected chi connectivity index (χ1v) is 8.71. The Morgan fingerprint density at radius 2 is 2.04 bits per heavy atom. The molecule has 2 aromatic carbocycles. The first-order valence-electron chi connectivity index (χ1n) is 7.35. The number of carbonyl (C=O) groups excluding carboxylic acids is 1. The van der Waals surface area contributed by atoms with E-state index in [0.29, 0.717) is 10.8 Å². The second-order valence-corrected chi connectivity index (χ2v) is 6.46. The minimum atomic E-state index is -0.581. The molecule has 0 aliphatic carbocycles. The van der Waals surface area contributed by atoms with Crippen LogP contribution in [-0.2, 0) is 4.79 Å². The van der Waals surface area contributed by atoms with E-state index >= 15 is 0 Å². The molecule has 0 unspecified atom stereocenters. The van der Waals surface area contributed by atoms with Crippen molar-refractivity contribution < 1.29 is 14.1 Å². The van der Waals surface area contributed by atoms with Crippen LogP contribution in [0.5, 0.6) is 0 Å². The number of hydrogen-bond acceptors (Lipinski definition) is 7. The number of anilines is 1. The number of benzene rings is 2. The van der Waals surface area contributed by atoms with Gasteiger partial charge in [0.25, 0.3) is 5.69 Å². The number of tetrazole rings is 1. The summed E-state index contributed by atoms with van der Waals surface area (Å²) in [6, 6.07) is 9.30. The van der Waals surface area contributed by atoms with Crippen LogP contribution in [0, 0.1) is 15.9 Å². The number of rotatable bonds is 6. The number of nitro groups is 1. The minimum Gasteiger partial charge on any atom is -0.324 e. The summed E-state index contributed by atoms with van der Waals surface area (Å²) in [6.45, 7) is 0. The third-order valence-corrected chi connectivity index (χ3v) is 4.51. The van der Waals surface area contributed by atoms with E-state index < -0.39 is 10.8 Å². The molecule has 0 fully saturated rings. The maximum Gasteiger partial charge on any atom is 0.271 e. The lowest BCUT2D eigenvalue weighted by molar-refractivity contribution is -0.384. The highest BCUT2D eigenvalue weighted by Crippen LogP contribution is 2.27. The number of aromatic nitrogens is 4. The molecule has 3 rings (SSSR count). The zero-order valence-corrected chi connectivity index (χ0v) is 14.9. The molecule has 1 aromatic heterocycles. The highest BCUT2D eigenvalue weighted by atomic mass is 35.5. The van der Waals surface area contributed by atoms with Crippen LogP contribution in [0.15, 0.2) is 47.6 Å². The van der Waals surface area contributed by atoms with Crippen molar-refractivity contribution in [2.24, 2.45) is 0 Å².